The number of hydrogen-bond donors (Lipinski definition) is 2. The number of imide groups is 1. The van der Waals surface area contributed by atoms with E-state index in [0.29, 0.717) is 16.8 Å². The lowest BCUT2D eigenvalue weighted by molar-refractivity contribution is -0.138. The normalized spacial score (nSPS) is 22.1. The van der Waals surface area contributed by atoms with E-state index in [4.69, 9.17) is 17.0 Å². The minimum atomic E-state index is -4.57. The molecule has 0 aromatic heterocycles. The molecule has 0 aliphatic carbocycles. The lowest BCUT2D eigenvalue weighted by atomic mass is 10.1. The number of carbonyl (C=O) groups is 2. The summed E-state index contributed by atoms with van der Waals surface area (Å²) in [5.74, 6) is -0.575. The molecule has 12 heteroatoms. The Bertz CT molecular complexity index is 1250. The van der Waals surface area contributed by atoms with Gasteiger partial charge in [-0.3, -0.25) is 14.5 Å². The first-order chi connectivity index (χ1) is 17.0. The summed E-state index contributed by atoms with van der Waals surface area (Å²) in [4.78, 5) is 28.1. The number of benzene rings is 2. The fraction of sp³-hybridized carbons (Fsp3) is 0.292. The van der Waals surface area contributed by atoms with Gasteiger partial charge in [0.05, 0.1) is 16.5 Å². The molecule has 2 heterocycles. The number of nitrogens with zero attached hydrogens (tertiary/aromatic N) is 2. The van der Waals surface area contributed by atoms with Crippen LogP contribution >= 0.6 is 23.4 Å². The van der Waals surface area contributed by atoms with Crippen molar-refractivity contribution in [3.8, 4) is 0 Å². The number of carbonyl (C=O) groups excluding carboxylic acids is 2. The summed E-state index contributed by atoms with van der Waals surface area (Å²) in [5.41, 5.74) is 0.422. The Hall–Kier alpha value is -2.89. The van der Waals surface area contributed by atoms with Gasteiger partial charge in [0.15, 0.2) is 0 Å². The molecule has 6 nitrogen and oxygen atoms in total. The van der Waals surface area contributed by atoms with Crippen molar-refractivity contribution in [1.82, 2.24) is 9.80 Å². The molecule has 2 unspecified atom stereocenters. The zero-order valence-electron chi connectivity index (χ0n) is 18.9. The smallest absolute Gasteiger partial charge is 0.380 e. The summed E-state index contributed by atoms with van der Waals surface area (Å²) in [7, 11) is 1.72. The van der Waals surface area contributed by atoms with E-state index >= 15 is 0 Å². The molecule has 0 saturated carbocycles. The van der Waals surface area contributed by atoms with Crippen molar-refractivity contribution >= 4 is 52.5 Å². The Kier molecular flexibility index (Phi) is 7.44. The summed E-state index contributed by atoms with van der Waals surface area (Å²) < 4.78 is 54.4. The summed E-state index contributed by atoms with van der Waals surface area (Å²) in [5, 5.41) is 10.1. The summed E-state index contributed by atoms with van der Waals surface area (Å²) in [6.07, 6.45) is -3.39. The van der Waals surface area contributed by atoms with Crippen LogP contribution in [0, 0.1) is 5.41 Å². The van der Waals surface area contributed by atoms with Crippen molar-refractivity contribution in [3.63, 3.8) is 0 Å². The number of likely N-dealkylation sites (tertiary alicyclic amines) is 1. The van der Waals surface area contributed by atoms with Crippen molar-refractivity contribution in [2.24, 2.45) is 0 Å². The van der Waals surface area contributed by atoms with E-state index in [2.05, 4.69) is 5.32 Å². The quantitative estimate of drug-likeness (QED) is 0.281. The second-order valence-corrected chi connectivity index (χ2v) is 9.93. The van der Waals surface area contributed by atoms with Crippen molar-refractivity contribution < 1.29 is 27.2 Å². The molecule has 190 valence electrons. The molecular weight excluding hydrogens is 520 g/mol. The number of alkyl halides is 4. The second kappa shape index (κ2) is 10.2. The summed E-state index contributed by atoms with van der Waals surface area (Å²) in [6, 6.07) is 7.43. The molecule has 2 aromatic rings. The molecule has 2 amide bonds. The van der Waals surface area contributed by atoms with Crippen LogP contribution in [0.25, 0.3) is 6.08 Å². The predicted octanol–water partition coefficient (Wildman–Crippen LogP) is 5.66. The number of nitrogens with one attached hydrogen (secondary N) is 2. The van der Waals surface area contributed by atoms with Crippen LogP contribution in [-0.4, -0.2) is 59.5 Å². The largest absolute Gasteiger partial charge is 0.416 e. The standard InChI is InChI=1S/C24H21ClF4N4O2S/c1-32-11-18(26)20(12-32)33-22(34)21(36-23(33)35)7-13-2-5-19(15(6-13)9-30)31-10-14-3-4-16(25)8-17(14)24(27,28)29/h2-9,18,20,30-31H,10-12H2,1H3/b21-7-,30-9?. The zero-order chi connectivity index (χ0) is 26.2. The average molecular weight is 541 g/mol. The molecule has 0 bridgehead atoms. The molecule has 36 heavy (non-hydrogen) atoms. The van der Waals surface area contributed by atoms with E-state index < -0.39 is 35.1 Å². The number of rotatable bonds is 6. The molecule has 0 radical (unpaired) electrons. The van der Waals surface area contributed by atoms with Gasteiger partial charge in [-0.05, 0) is 60.3 Å². The second-order valence-electron chi connectivity index (χ2n) is 8.50. The van der Waals surface area contributed by atoms with Gasteiger partial charge in [0, 0.05) is 42.1 Å². The number of amides is 2. The lowest BCUT2D eigenvalue weighted by Crippen LogP contribution is -2.44. The van der Waals surface area contributed by atoms with Crippen LogP contribution in [0.15, 0.2) is 41.3 Å². The molecule has 2 aromatic carbocycles. The van der Waals surface area contributed by atoms with Gasteiger partial charge in [0.2, 0.25) is 0 Å². The topological polar surface area (TPSA) is 76.5 Å². The first-order valence-electron chi connectivity index (χ1n) is 10.8. The Labute approximate surface area is 213 Å². The highest BCUT2D eigenvalue weighted by Gasteiger charge is 2.46. The first-order valence-corrected chi connectivity index (χ1v) is 12.0. The minimum absolute atomic E-state index is 0.00990. The van der Waals surface area contributed by atoms with Crippen LogP contribution in [0.1, 0.15) is 22.3 Å². The highest BCUT2D eigenvalue weighted by Crippen LogP contribution is 2.37. The number of thioether (sulfide) groups is 1. The molecule has 2 N–H and O–H groups in total. The van der Waals surface area contributed by atoms with E-state index in [0.717, 1.165) is 28.9 Å². The van der Waals surface area contributed by atoms with Crippen LogP contribution in [-0.2, 0) is 17.5 Å². The highest BCUT2D eigenvalue weighted by atomic mass is 35.5. The molecule has 2 fully saturated rings. The SMILES string of the molecule is CN1CC(F)C(N2C(=O)S/C(=C\c3ccc(NCc4ccc(Cl)cc4C(F)(F)F)c(C=N)c3)C2=O)C1. The molecule has 4 rings (SSSR count). The Morgan fingerprint density at radius 3 is 2.58 bits per heavy atom. The van der Waals surface area contributed by atoms with Gasteiger partial charge in [-0.15, -0.1) is 0 Å². The lowest BCUT2D eigenvalue weighted by Gasteiger charge is -2.21. The predicted molar refractivity (Wildman–Crippen MR) is 132 cm³/mol. The Morgan fingerprint density at radius 2 is 1.94 bits per heavy atom. The molecule has 0 spiro atoms. The Morgan fingerprint density at radius 1 is 1.19 bits per heavy atom. The fourth-order valence-corrected chi connectivity index (χ4v) is 5.25. The molecule has 2 aliphatic heterocycles. The van der Waals surface area contributed by atoms with Crippen LogP contribution in [0.3, 0.4) is 0 Å². The number of halogens is 5. The first kappa shape index (κ1) is 26.2. The van der Waals surface area contributed by atoms with Gasteiger partial charge < -0.3 is 15.6 Å². The maximum atomic E-state index is 14.3. The Balaban J connectivity index is 1.53. The van der Waals surface area contributed by atoms with Crippen molar-refractivity contribution in [2.75, 3.05) is 25.5 Å². The van der Waals surface area contributed by atoms with E-state index in [1.807, 2.05) is 0 Å². The fourth-order valence-electron chi connectivity index (χ4n) is 4.20. The minimum Gasteiger partial charge on any atom is -0.380 e. The van der Waals surface area contributed by atoms with Crippen molar-refractivity contribution in [2.45, 2.75) is 24.9 Å². The van der Waals surface area contributed by atoms with Gasteiger partial charge in [0.25, 0.3) is 11.1 Å². The summed E-state index contributed by atoms with van der Waals surface area (Å²) >= 11 is 6.45. The van der Waals surface area contributed by atoms with Crippen LogP contribution in [0.2, 0.25) is 5.02 Å². The third kappa shape index (κ3) is 5.42. The van der Waals surface area contributed by atoms with Crippen molar-refractivity contribution in [1.29, 1.82) is 5.41 Å². The van der Waals surface area contributed by atoms with Gasteiger partial charge in [-0.1, -0.05) is 23.7 Å². The van der Waals surface area contributed by atoms with Gasteiger partial charge in [0.1, 0.15) is 6.17 Å². The molecular formula is C24H21ClF4N4O2S. The molecule has 2 atom stereocenters. The van der Waals surface area contributed by atoms with Crippen LogP contribution in [0.5, 0.6) is 0 Å². The third-order valence-corrected chi connectivity index (χ3v) is 7.05. The number of anilines is 1. The number of hydrogen-bond acceptors (Lipinski definition) is 6. The zero-order valence-corrected chi connectivity index (χ0v) is 20.5. The van der Waals surface area contributed by atoms with Gasteiger partial charge in [-0.2, -0.15) is 13.2 Å². The van der Waals surface area contributed by atoms with E-state index in [1.54, 1.807) is 30.1 Å². The monoisotopic (exact) mass is 540 g/mol. The highest BCUT2D eigenvalue weighted by molar-refractivity contribution is 8.18. The van der Waals surface area contributed by atoms with E-state index in [-0.39, 0.29) is 35.1 Å². The third-order valence-electron chi connectivity index (χ3n) is 5.93. The number of likely N-dealkylation sites (N-methyl/N-ethyl adjacent to an activating group) is 1. The molecule has 2 saturated heterocycles. The van der Waals surface area contributed by atoms with Crippen LogP contribution < -0.4 is 5.32 Å². The maximum absolute atomic E-state index is 14.3. The van der Waals surface area contributed by atoms with E-state index in [1.165, 1.54) is 18.2 Å². The maximum Gasteiger partial charge on any atom is 0.416 e. The van der Waals surface area contributed by atoms with Gasteiger partial charge in [-0.25, -0.2) is 4.39 Å². The van der Waals surface area contributed by atoms with E-state index in [9.17, 15) is 27.2 Å². The average Bonchev–Trinajstić information content (AvgIpc) is 3.28. The van der Waals surface area contributed by atoms with Gasteiger partial charge >= 0.3 is 6.18 Å². The summed E-state index contributed by atoms with van der Waals surface area (Å²) in [6.45, 7) is 0.239. The van der Waals surface area contributed by atoms with Crippen molar-refractivity contribution in [3.05, 3.63) is 68.6 Å². The molecule has 2 aliphatic rings. The van der Waals surface area contributed by atoms with Crippen LogP contribution in [0.4, 0.5) is 28.0 Å².